The van der Waals surface area contributed by atoms with Gasteiger partial charge in [0.2, 0.25) is 0 Å². The molecule has 0 spiro atoms. The molecule has 2 aromatic heterocycles. The highest BCUT2D eigenvalue weighted by molar-refractivity contribution is 7.92. The van der Waals surface area contributed by atoms with E-state index in [1.54, 1.807) is 6.92 Å². The van der Waals surface area contributed by atoms with Crippen LogP contribution in [0.3, 0.4) is 0 Å². The second kappa shape index (κ2) is 4.17. The van der Waals surface area contributed by atoms with Crippen LogP contribution < -0.4 is 4.72 Å². The van der Waals surface area contributed by atoms with Crippen LogP contribution >= 0.6 is 0 Å². The van der Waals surface area contributed by atoms with E-state index in [1.807, 2.05) is 6.92 Å². The zero-order valence-corrected chi connectivity index (χ0v) is 10.1. The molecule has 2 rings (SSSR count). The molecule has 2 heterocycles. The van der Waals surface area contributed by atoms with Gasteiger partial charge in [0.15, 0.2) is 10.9 Å². The van der Waals surface area contributed by atoms with Crippen molar-refractivity contribution in [2.45, 2.75) is 25.3 Å². The minimum Gasteiger partial charge on any atom is -0.332 e. The van der Waals surface area contributed by atoms with Crippen molar-refractivity contribution in [2.75, 3.05) is 4.72 Å². The van der Waals surface area contributed by atoms with Crippen LogP contribution in [0.4, 0.5) is 6.01 Å². The second-order valence-corrected chi connectivity index (χ2v) is 4.95. The van der Waals surface area contributed by atoms with Crippen LogP contribution in [-0.4, -0.2) is 28.5 Å². The van der Waals surface area contributed by atoms with E-state index < -0.39 is 10.0 Å². The van der Waals surface area contributed by atoms with Gasteiger partial charge in [-0.1, -0.05) is 12.1 Å². The zero-order valence-electron chi connectivity index (χ0n) is 9.26. The number of hydrogen-bond donors (Lipinski definition) is 2. The predicted molar refractivity (Wildman–Crippen MR) is 57.8 cm³/mol. The first kappa shape index (κ1) is 11.6. The Morgan fingerprint density at radius 3 is 2.82 bits per heavy atom. The van der Waals surface area contributed by atoms with Crippen LogP contribution in [0.1, 0.15) is 18.6 Å². The Balaban J connectivity index is 2.24. The number of H-pyrrole nitrogens is 1. The van der Waals surface area contributed by atoms with Crippen LogP contribution in [-0.2, 0) is 16.4 Å². The summed E-state index contributed by atoms with van der Waals surface area (Å²) in [5.41, 5.74) is 0. The topological polar surface area (TPSA) is 114 Å². The maximum atomic E-state index is 11.8. The van der Waals surface area contributed by atoms with Crippen molar-refractivity contribution in [3.05, 3.63) is 17.8 Å². The molecule has 0 aromatic carbocycles. The third-order valence-electron chi connectivity index (χ3n) is 1.98. The standard InChI is InChI=1S/C8H11N5O3S/c1-3-6-9-4-7(11-6)17(14,15)13-8-10-5(2)12-16-8/h4H,3H2,1-2H3,(H,9,11)(H,10,12,13). The highest BCUT2D eigenvalue weighted by Crippen LogP contribution is 2.12. The molecule has 8 nitrogen and oxygen atoms in total. The molecule has 0 radical (unpaired) electrons. The molecule has 0 bridgehead atoms. The number of anilines is 1. The number of aromatic amines is 1. The molecule has 0 aliphatic heterocycles. The van der Waals surface area contributed by atoms with E-state index >= 15 is 0 Å². The lowest BCUT2D eigenvalue weighted by molar-refractivity contribution is 0.429. The highest BCUT2D eigenvalue weighted by Gasteiger charge is 2.19. The summed E-state index contributed by atoms with van der Waals surface area (Å²) in [7, 11) is -3.75. The summed E-state index contributed by atoms with van der Waals surface area (Å²) in [5, 5.41) is 3.44. The SMILES string of the molecule is CCc1ncc(S(=O)(=O)Nc2nc(C)no2)[nH]1. The van der Waals surface area contributed by atoms with Gasteiger partial charge in [-0.2, -0.15) is 13.4 Å². The lowest BCUT2D eigenvalue weighted by Gasteiger charge is -1.99. The fourth-order valence-corrected chi connectivity index (χ4v) is 2.03. The van der Waals surface area contributed by atoms with Crippen LogP contribution in [0.15, 0.2) is 15.7 Å². The Kier molecular flexibility index (Phi) is 2.84. The van der Waals surface area contributed by atoms with Gasteiger partial charge in [-0.15, -0.1) is 0 Å². The number of imidazole rings is 1. The van der Waals surface area contributed by atoms with Gasteiger partial charge in [-0.25, -0.2) is 9.71 Å². The van der Waals surface area contributed by atoms with Gasteiger partial charge in [0, 0.05) is 6.42 Å². The Bertz CT molecular complexity index is 615. The minimum atomic E-state index is -3.75. The fraction of sp³-hybridized carbons (Fsp3) is 0.375. The summed E-state index contributed by atoms with van der Waals surface area (Å²) >= 11 is 0. The van der Waals surface area contributed by atoms with Crippen molar-refractivity contribution in [3.63, 3.8) is 0 Å². The number of nitrogens with zero attached hydrogens (tertiary/aromatic N) is 3. The molecule has 0 saturated heterocycles. The normalized spacial score (nSPS) is 11.6. The van der Waals surface area contributed by atoms with Crippen molar-refractivity contribution in [1.82, 2.24) is 20.1 Å². The van der Waals surface area contributed by atoms with Crippen molar-refractivity contribution in [3.8, 4) is 0 Å². The Hall–Kier alpha value is -1.90. The third kappa shape index (κ3) is 2.44. The van der Waals surface area contributed by atoms with E-state index in [0.29, 0.717) is 18.1 Å². The molecule has 0 saturated carbocycles. The van der Waals surface area contributed by atoms with E-state index in [0.717, 1.165) is 0 Å². The van der Waals surface area contributed by atoms with Crippen molar-refractivity contribution >= 4 is 16.0 Å². The molecule has 0 aliphatic rings. The molecule has 0 amide bonds. The lowest BCUT2D eigenvalue weighted by Crippen LogP contribution is -2.13. The van der Waals surface area contributed by atoms with Crippen LogP contribution in [0.5, 0.6) is 0 Å². The van der Waals surface area contributed by atoms with E-state index in [9.17, 15) is 8.42 Å². The van der Waals surface area contributed by atoms with Crippen molar-refractivity contribution in [1.29, 1.82) is 0 Å². The molecule has 0 atom stereocenters. The van der Waals surface area contributed by atoms with E-state index in [1.165, 1.54) is 6.20 Å². The molecule has 2 aromatic rings. The lowest BCUT2D eigenvalue weighted by atomic mass is 10.5. The van der Waals surface area contributed by atoms with Gasteiger partial charge in [0.05, 0.1) is 6.20 Å². The largest absolute Gasteiger partial charge is 0.335 e. The molecule has 2 N–H and O–H groups in total. The van der Waals surface area contributed by atoms with Crippen LogP contribution in [0.25, 0.3) is 0 Å². The van der Waals surface area contributed by atoms with Gasteiger partial charge < -0.3 is 9.51 Å². The molecule has 0 unspecified atom stereocenters. The predicted octanol–water partition coefficient (Wildman–Crippen LogP) is 0.464. The van der Waals surface area contributed by atoms with E-state index in [2.05, 4.69) is 29.4 Å². The van der Waals surface area contributed by atoms with Gasteiger partial charge in [0.1, 0.15) is 5.82 Å². The Morgan fingerprint density at radius 2 is 2.29 bits per heavy atom. The summed E-state index contributed by atoms with van der Waals surface area (Å²) in [5.74, 6) is 0.939. The van der Waals surface area contributed by atoms with Crippen LogP contribution in [0.2, 0.25) is 0 Å². The number of aromatic nitrogens is 4. The summed E-state index contributed by atoms with van der Waals surface area (Å²) in [6.45, 7) is 3.46. The number of rotatable bonds is 4. The van der Waals surface area contributed by atoms with E-state index in [-0.39, 0.29) is 11.0 Å². The quantitative estimate of drug-likeness (QED) is 0.822. The Labute approximate surface area is 97.5 Å². The number of aryl methyl sites for hydroxylation is 2. The summed E-state index contributed by atoms with van der Waals surface area (Å²) in [6.07, 6.45) is 1.86. The van der Waals surface area contributed by atoms with Crippen molar-refractivity contribution < 1.29 is 12.9 Å². The maximum absolute atomic E-state index is 11.8. The number of nitrogens with one attached hydrogen (secondary N) is 2. The first-order valence-corrected chi connectivity index (χ1v) is 6.36. The summed E-state index contributed by atoms with van der Waals surface area (Å²) < 4.78 is 30.5. The molecule has 0 fully saturated rings. The van der Waals surface area contributed by atoms with Gasteiger partial charge >= 0.3 is 6.01 Å². The average molecular weight is 257 g/mol. The van der Waals surface area contributed by atoms with Gasteiger partial charge in [0.25, 0.3) is 10.0 Å². The maximum Gasteiger partial charge on any atom is 0.335 e. The van der Waals surface area contributed by atoms with Gasteiger partial charge in [-0.3, -0.25) is 0 Å². The fourth-order valence-electron chi connectivity index (χ4n) is 1.17. The summed E-state index contributed by atoms with van der Waals surface area (Å²) in [6, 6.07) is -0.171. The van der Waals surface area contributed by atoms with Crippen LogP contribution in [0, 0.1) is 6.92 Å². The minimum absolute atomic E-state index is 0.0368. The smallest absolute Gasteiger partial charge is 0.332 e. The number of sulfonamides is 1. The third-order valence-corrected chi connectivity index (χ3v) is 3.21. The second-order valence-electron chi connectivity index (χ2n) is 3.30. The monoisotopic (exact) mass is 257 g/mol. The number of hydrogen-bond acceptors (Lipinski definition) is 6. The summed E-state index contributed by atoms with van der Waals surface area (Å²) in [4.78, 5) is 10.3. The average Bonchev–Trinajstić information content (AvgIpc) is 2.86. The molecule has 92 valence electrons. The molecule has 0 aliphatic carbocycles. The zero-order chi connectivity index (χ0) is 12.5. The molecule has 9 heteroatoms. The van der Waals surface area contributed by atoms with Crippen molar-refractivity contribution in [2.24, 2.45) is 0 Å². The molecular weight excluding hydrogens is 246 g/mol. The molecular formula is C8H11N5O3S. The van der Waals surface area contributed by atoms with Gasteiger partial charge in [-0.05, 0) is 6.92 Å². The first-order chi connectivity index (χ1) is 8.01. The highest BCUT2D eigenvalue weighted by atomic mass is 32.2. The molecule has 17 heavy (non-hydrogen) atoms. The Morgan fingerprint density at radius 1 is 1.53 bits per heavy atom. The van der Waals surface area contributed by atoms with E-state index in [4.69, 9.17) is 0 Å². The first-order valence-electron chi connectivity index (χ1n) is 4.88.